The third-order valence-corrected chi connectivity index (χ3v) is 7.17. The molecule has 1 fully saturated rings. The van der Waals surface area contributed by atoms with E-state index in [1.54, 1.807) is 6.07 Å². The van der Waals surface area contributed by atoms with E-state index in [0.29, 0.717) is 28.5 Å². The summed E-state index contributed by atoms with van der Waals surface area (Å²) in [5.74, 6) is 0. The largest absolute Gasteiger partial charge is 0.310 e. The number of hydrogen-bond donors (Lipinski definition) is 1. The fourth-order valence-corrected chi connectivity index (χ4v) is 4.84. The van der Waals surface area contributed by atoms with Crippen LogP contribution in [0.1, 0.15) is 37.8 Å². The van der Waals surface area contributed by atoms with E-state index in [2.05, 4.69) is 21.2 Å². The summed E-state index contributed by atoms with van der Waals surface area (Å²) >= 11 is 3.44. The highest BCUT2D eigenvalue weighted by Gasteiger charge is 2.26. The molecule has 4 nitrogen and oxygen atoms in total. The zero-order chi connectivity index (χ0) is 15.6. The maximum Gasteiger partial charge on any atom is 0.244 e. The van der Waals surface area contributed by atoms with Crippen molar-refractivity contribution in [1.29, 1.82) is 0 Å². The molecular weight excluding hydrogens is 352 g/mol. The molecule has 0 amide bonds. The molecule has 0 unspecified atom stereocenters. The lowest BCUT2D eigenvalue weighted by molar-refractivity contribution is 0.444. The number of benzene rings is 1. The Labute approximate surface area is 136 Å². The molecule has 6 heteroatoms. The minimum absolute atomic E-state index is 0.374. The number of halogens is 1. The first-order valence-corrected chi connectivity index (χ1v) is 9.66. The smallest absolute Gasteiger partial charge is 0.244 e. The molecule has 1 aliphatic carbocycles. The Bertz CT molecular complexity index is 608. The second-order valence-electron chi connectivity index (χ2n) is 5.47. The monoisotopic (exact) mass is 374 g/mol. The highest BCUT2D eigenvalue weighted by Crippen LogP contribution is 2.30. The molecule has 1 aromatic carbocycles. The molecule has 1 aromatic rings. The van der Waals surface area contributed by atoms with Crippen LogP contribution >= 0.6 is 15.9 Å². The minimum atomic E-state index is -3.44. The second-order valence-corrected chi connectivity index (χ2v) is 8.17. The summed E-state index contributed by atoms with van der Waals surface area (Å²) in [5.41, 5.74) is 1.98. The average molecular weight is 375 g/mol. The fraction of sp³-hybridized carbons (Fsp3) is 0.600. The average Bonchev–Trinajstić information content (AvgIpc) is 3.25. The summed E-state index contributed by atoms with van der Waals surface area (Å²) in [5, 5.41) is 3.43. The van der Waals surface area contributed by atoms with Crippen LogP contribution in [-0.2, 0) is 16.6 Å². The van der Waals surface area contributed by atoms with Crippen LogP contribution in [0, 0.1) is 6.92 Å². The van der Waals surface area contributed by atoms with Crippen molar-refractivity contribution in [3.8, 4) is 0 Å². The molecule has 0 aliphatic heterocycles. The van der Waals surface area contributed by atoms with Crippen LogP contribution in [0.3, 0.4) is 0 Å². The zero-order valence-electron chi connectivity index (χ0n) is 12.8. The van der Waals surface area contributed by atoms with Crippen LogP contribution in [0.25, 0.3) is 0 Å². The molecule has 0 atom stereocenters. The number of rotatable bonds is 7. The normalized spacial score (nSPS) is 15.7. The standard InChI is InChI=1S/C15H23BrN2O2S/c1-4-18(5-2)21(19,20)14-9-12(8-11(3)15(14)16)10-17-13-6-7-13/h8-9,13,17H,4-7,10H2,1-3H3. The van der Waals surface area contributed by atoms with Gasteiger partial charge in [0.25, 0.3) is 0 Å². The summed E-state index contributed by atoms with van der Waals surface area (Å²) in [4.78, 5) is 0.374. The van der Waals surface area contributed by atoms with Gasteiger partial charge in [-0.1, -0.05) is 19.9 Å². The van der Waals surface area contributed by atoms with Gasteiger partial charge in [0, 0.05) is 30.1 Å². The maximum absolute atomic E-state index is 12.7. The summed E-state index contributed by atoms with van der Waals surface area (Å²) < 4.78 is 27.7. The Morgan fingerprint density at radius 3 is 2.43 bits per heavy atom. The predicted molar refractivity (Wildman–Crippen MR) is 88.8 cm³/mol. The van der Waals surface area contributed by atoms with Gasteiger partial charge in [-0.05, 0) is 52.9 Å². The molecule has 2 rings (SSSR count). The van der Waals surface area contributed by atoms with E-state index in [1.807, 2.05) is 26.8 Å². The van der Waals surface area contributed by atoms with Crippen LogP contribution in [-0.4, -0.2) is 31.9 Å². The van der Waals surface area contributed by atoms with E-state index in [-0.39, 0.29) is 0 Å². The molecular formula is C15H23BrN2O2S. The van der Waals surface area contributed by atoms with Gasteiger partial charge >= 0.3 is 0 Å². The van der Waals surface area contributed by atoms with Gasteiger partial charge in [-0.25, -0.2) is 8.42 Å². The number of aryl methyl sites for hydroxylation is 1. The molecule has 118 valence electrons. The van der Waals surface area contributed by atoms with Gasteiger partial charge in [0.2, 0.25) is 10.0 Å². The summed E-state index contributed by atoms with van der Waals surface area (Å²) in [6, 6.07) is 4.44. The van der Waals surface area contributed by atoms with Crippen molar-refractivity contribution in [2.75, 3.05) is 13.1 Å². The van der Waals surface area contributed by atoms with Crippen LogP contribution in [0.15, 0.2) is 21.5 Å². The first kappa shape index (κ1) is 16.9. The van der Waals surface area contributed by atoms with E-state index < -0.39 is 10.0 Å². The molecule has 0 radical (unpaired) electrons. The first-order valence-electron chi connectivity index (χ1n) is 7.42. The van der Waals surface area contributed by atoms with Gasteiger partial charge in [-0.3, -0.25) is 0 Å². The molecule has 21 heavy (non-hydrogen) atoms. The maximum atomic E-state index is 12.7. The highest BCUT2D eigenvalue weighted by molar-refractivity contribution is 9.10. The molecule has 1 N–H and O–H groups in total. The van der Waals surface area contributed by atoms with Crippen LogP contribution in [0.2, 0.25) is 0 Å². The second kappa shape index (κ2) is 6.77. The van der Waals surface area contributed by atoms with Crippen LogP contribution < -0.4 is 5.32 Å². The zero-order valence-corrected chi connectivity index (χ0v) is 15.2. The molecule has 1 aliphatic rings. The van der Waals surface area contributed by atoms with Gasteiger partial charge in [-0.2, -0.15) is 4.31 Å². The SMILES string of the molecule is CCN(CC)S(=O)(=O)c1cc(CNC2CC2)cc(C)c1Br. The molecule has 0 spiro atoms. The van der Waals surface area contributed by atoms with Crippen molar-refractivity contribution in [2.45, 2.75) is 51.1 Å². The van der Waals surface area contributed by atoms with E-state index in [1.165, 1.54) is 17.1 Å². The lowest BCUT2D eigenvalue weighted by Gasteiger charge is -2.20. The Hall–Kier alpha value is -0.430. The Balaban J connectivity index is 2.36. The third-order valence-electron chi connectivity index (χ3n) is 3.78. The summed E-state index contributed by atoms with van der Waals surface area (Å²) in [6.45, 7) is 7.34. The van der Waals surface area contributed by atoms with Crippen molar-refractivity contribution in [2.24, 2.45) is 0 Å². The third kappa shape index (κ3) is 3.86. The van der Waals surface area contributed by atoms with Crippen LogP contribution in [0.4, 0.5) is 0 Å². The van der Waals surface area contributed by atoms with Gasteiger partial charge in [0.05, 0.1) is 4.90 Å². The Morgan fingerprint density at radius 1 is 1.29 bits per heavy atom. The highest BCUT2D eigenvalue weighted by atomic mass is 79.9. The van der Waals surface area contributed by atoms with Crippen molar-refractivity contribution in [3.05, 3.63) is 27.7 Å². The topological polar surface area (TPSA) is 49.4 Å². The first-order chi connectivity index (χ1) is 9.90. The number of nitrogens with one attached hydrogen (secondary N) is 1. The van der Waals surface area contributed by atoms with Crippen molar-refractivity contribution in [1.82, 2.24) is 9.62 Å². The van der Waals surface area contributed by atoms with E-state index in [0.717, 1.165) is 17.7 Å². The predicted octanol–water partition coefficient (Wildman–Crippen LogP) is 3.04. The van der Waals surface area contributed by atoms with Gasteiger partial charge in [0.1, 0.15) is 0 Å². The van der Waals surface area contributed by atoms with Gasteiger partial charge in [0.15, 0.2) is 0 Å². The van der Waals surface area contributed by atoms with Gasteiger partial charge < -0.3 is 5.32 Å². The van der Waals surface area contributed by atoms with Crippen LogP contribution in [0.5, 0.6) is 0 Å². The Kier molecular flexibility index (Phi) is 5.46. The number of sulfonamides is 1. The number of nitrogens with zero attached hydrogens (tertiary/aromatic N) is 1. The van der Waals surface area contributed by atoms with E-state index in [4.69, 9.17) is 0 Å². The van der Waals surface area contributed by atoms with Crippen molar-refractivity contribution >= 4 is 26.0 Å². The molecule has 0 bridgehead atoms. The molecule has 0 heterocycles. The quantitative estimate of drug-likeness (QED) is 0.797. The van der Waals surface area contributed by atoms with E-state index in [9.17, 15) is 8.42 Å². The lowest BCUT2D eigenvalue weighted by atomic mass is 10.1. The summed E-state index contributed by atoms with van der Waals surface area (Å²) in [6.07, 6.45) is 2.44. The van der Waals surface area contributed by atoms with Gasteiger partial charge in [-0.15, -0.1) is 0 Å². The lowest BCUT2D eigenvalue weighted by Crippen LogP contribution is -2.31. The Morgan fingerprint density at radius 2 is 1.90 bits per heavy atom. The summed E-state index contributed by atoms with van der Waals surface area (Å²) in [7, 11) is -3.44. The molecule has 0 aromatic heterocycles. The molecule has 0 saturated heterocycles. The number of hydrogen-bond acceptors (Lipinski definition) is 3. The van der Waals surface area contributed by atoms with Crippen molar-refractivity contribution < 1.29 is 8.42 Å². The van der Waals surface area contributed by atoms with Crippen molar-refractivity contribution in [3.63, 3.8) is 0 Å². The fourth-order valence-electron chi connectivity index (χ4n) is 2.35. The molecule has 1 saturated carbocycles. The van der Waals surface area contributed by atoms with E-state index >= 15 is 0 Å². The minimum Gasteiger partial charge on any atom is -0.310 e.